The van der Waals surface area contributed by atoms with Crippen LogP contribution < -0.4 is 9.62 Å². The fraction of sp³-hybridized carbons (Fsp3) is 0.222. The third kappa shape index (κ3) is 3.15. The molecule has 0 atom stereocenters. The molecule has 0 bridgehead atoms. The first kappa shape index (κ1) is 16.6. The highest BCUT2D eigenvalue weighted by molar-refractivity contribution is 7.92. The second-order valence-electron chi connectivity index (χ2n) is 6.13. The number of nitrogens with one attached hydrogen (secondary N) is 1. The topological polar surface area (TPSA) is 92.5 Å². The van der Waals surface area contributed by atoms with Gasteiger partial charge in [0.15, 0.2) is 12.0 Å². The second-order valence-corrected chi connectivity index (χ2v) is 8.14. The summed E-state index contributed by atoms with van der Waals surface area (Å²) in [7, 11) is -3.26. The van der Waals surface area contributed by atoms with Crippen molar-refractivity contribution >= 4 is 38.4 Å². The van der Waals surface area contributed by atoms with Crippen molar-refractivity contribution in [3.05, 3.63) is 54.4 Å². The lowest BCUT2D eigenvalue weighted by Gasteiger charge is -2.28. The molecule has 2 heterocycles. The first-order valence-electron chi connectivity index (χ1n) is 8.28. The average molecular weight is 371 g/mol. The fourth-order valence-corrected chi connectivity index (χ4v) is 4.64. The molecule has 134 valence electrons. The van der Waals surface area contributed by atoms with Crippen LogP contribution in [0, 0.1) is 0 Å². The number of anilines is 2. The van der Waals surface area contributed by atoms with Gasteiger partial charge in [-0.15, -0.1) is 0 Å². The summed E-state index contributed by atoms with van der Waals surface area (Å²) in [4.78, 5) is 16.5. The van der Waals surface area contributed by atoms with Crippen LogP contribution in [-0.4, -0.2) is 31.6 Å². The lowest BCUT2D eigenvalue weighted by atomic mass is 10.2. The zero-order valence-corrected chi connectivity index (χ0v) is 14.7. The van der Waals surface area contributed by atoms with Crippen LogP contribution in [0.3, 0.4) is 0 Å². The molecule has 1 aliphatic heterocycles. The van der Waals surface area contributed by atoms with Gasteiger partial charge in [0.05, 0.1) is 11.4 Å². The molecule has 0 spiro atoms. The molecular weight excluding hydrogens is 354 g/mol. The van der Waals surface area contributed by atoms with Crippen LogP contribution in [0.25, 0.3) is 11.1 Å². The highest BCUT2D eigenvalue weighted by Crippen LogP contribution is 2.24. The second kappa shape index (κ2) is 6.45. The third-order valence-electron chi connectivity index (χ3n) is 4.36. The van der Waals surface area contributed by atoms with Gasteiger partial charge in [0.25, 0.3) is 5.91 Å². The van der Waals surface area contributed by atoms with Gasteiger partial charge in [-0.3, -0.25) is 9.10 Å². The summed E-state index contributed by atoms with van der Waals surface area (Å²) in [6.45, 7) is 0.478. The van der Waals surface area contributed by atoms with Crippen molar-refractivity contribution in [1.82, 2.24) is 4.98 Å². The Balaban J connectivity index is 1.51. The van der Waals surface area contributed by atoms with Crippen LogP contribution in [0.2, 0.25) is 0 Å². The van der Waals surface area contributed by atoms with Gasteiger partial charge in [0.1, 0.15) is 5.52 Å². The van der Waals surface area contributed by atoms with Crippen LogP contribution in [-0.2, 0) is 10.0 Å². The van der Waals surface area contributed by atoms with Crippen molar-refractivity contribution in [3.8, 4) is 0 Å². The minimum atomic E-state index is -3.26. The van der Waals surface area contributed by atoms with E-state index < -0.39 is 10.0 Å². The maximum atomic E-state index is 12.4. The van der Waals surface area contributed by atoms with Gasteiger partial charge in [-0.1, -0.05) is 0 Å². The summed E-state index contributed by atoms with van der Waals surface area (Å²) >= 11 is 0. The Labute approximate surface area is 150 Å². The average Bonchev–Trinajstić information content (AvgIpc) is 3.09. The van der Waals surface area contributed by atoms with E-state index in [1.807, 2.05) is 0 Å². The molecular formula is C18H17N3O4S. The number of nitrogens with zero attached hydrogens (tertiary/aromatic N) is 2. The van der Waals surface area contributed by atoms with Crippen LogP contribution in [0.5, 0.6) is 0 Å². The van der Waals surface area contributed by atoms with Gasteiger partial charge in [0, 0.05) is 17.8 Å². The fourth-order valence-electron chi connectivity index (χ4n) is 3.00. The van der Waals surface area contributed by atoms with E-state index in [1.54, 1.807) is 42.5 Å². The molecule has 1 fully saturated rings. The molecule has 1 aromatic heterocycles. The first-order valence-corrected chi connectivity index (χ1v) is 9.89. The Kier molecular flexibility index (Phi) is 4.12. The molecule has 1 N–H and O–H groups in total. The van der Waals surface area contributed by atoms with Gasteiger partial charge in [0.2, 0.25) is 10.0 Å². The highest BCUT2D eigenvalue weighted by atomic mass is 32.2. The van der Waals surface area contributed by atoms with Crippen molar-refractivity contribution in [2.45, 2.75) is 12.8 Å². The van der Waals surface area contributed by atoms with E-state index in [9.17, 15) is 13.2 Å². The van der Waals surface area contributed by atoms with E-state index >= 15 is 0 Å². The minimum absolute atomic E-state index is 0.166. The number of aromatic nitrogens is 1. The number of rotatable bonds is 3. The highest BCUT2D eigenvalue weighted by Gasteiger charge is 2.26. The van der Waals surface area contributed by atoms with Crippen molar-refractivity contribution in [3.63, 3.8) is 0 Å². The number of carbonyl (C=O) groups excluding carboxylic acids is 1. The third-order valence-corrected chi connectivity index (χ3v) is 6.22. The summed E-state index contributed by atoms with van der Waals surface area (Å²) in [6.07, 6.45) is 2.88. The minimum Gasteiger partial charge on any atom is -0.443 e. The molecule has 1 amide bonds. The Hall–Kier alpha value is -2.87. The van der Waals surface area contributed by atoms with Gasteiger partial charge in [-0.25, -0.2) is 13.4 Å². The Morgan fingerprint density at radius 1 is 1.12 bits per heavy atom. The SMILES string of the molecule is O=C(Nc1ccc2ocnc2c1)c1ccc(N2CCCCS2(=O)=O)cc1. The summed E-state index contributed by atoms with van der Waals surface area (Å²) in [6, 6.07) is 11.8. The molecule has 0 saturated carbocycles. The monoisotopic (exact) mass is 371 g/mol. The molecule has 1 saturated heterocycles. The number of sulfonamides is 1. The number of hydrogen-bond donors (Lipinski definition) is 1. The van der Waals surface area contributed by atoms with Gasteiger partial charge >= 0.3 is 0 Å². The van der Waals surface area contributed by atoms with E-state index in [0.717, 1.165) is 6.42 Å². The first-order chi connectivity index (χ1) is 12.5. The quantitative estimate of drug-likeness (QED) is 0.764. The predicted molar refractivity (Wildman–Crippen MR) is 98.8 cm³/mol. The molecule has 26 heavy (non-hydrogen) atoms. The summed E-state index contributed by atoms with van der Waals surface area (Å²) in [5.41, 5.74) is 2.95. The van der Waals surface area contributed by atoms with Gasteiger partial charge in [-0.2, -0.15) is 0 Å². The maximum absolute atomic E-state index is 12.4. The van der Waals surface area contributed by atoms with Gasteiger partial charge in [-0.05, 0) is 55.3 Å². The molecule has 8 heteroatoms. The molecule has 7 nitrogen and oxygen atoms in total. The summed E-state index contributed by atoms with van der Waals surface area (Å²) < 4.78 is 30.9. The molecule has 0 unspecified atom stereocenters. The standard InChI is InChI=1S/C18H17N3O4S/c22-18(20-14-5-8-17-16(11-14)19-12-25-17)13-3-6-15(7-4-13)21-9-1-2-10-26(21,23)24/h3-8,11-12H,1-2,9-10H2,(H,20,22). The predicted octanol–water partition coefficient (Wildman–Crippen LogP) is 3.01. The maximum Gasteiger partial charge on any atom is 0.255 e. The van der Waals surface area contributed by atoms with Crippen LogP contribution in [0.4, 0.5) is 11.4 Å². The van der Waals surface area contributed by atoms with Crippen molar-refractivity contribution in [2.24, 2.45) is 0 Å². The Morgan fingerprint density at radius 3 is 2.69 bits per heavy atom. The number of amides is 1. The summed E-state index contributed by atoms with van der Waals surface area (Å²) in [5.74, 6) is -0.111. The normalized spacial score (nSPS) is 16.5. The van der Waals surface area contributed by atoms with Crippen LogP contribution in [0.1, 0.15) is 23.2 Å². The van der Waals surface area contributed by atoms with E-state index in [-0.39, 0.29) is 11.7 Å². The molecule has 0 aliphatic carbocycles. The molecule has 0 radical (unpaired) electrons. The van der Waals surface area contributed by atoms with E-state index in [0.29, 0.717) is 41.0 Å². The van der Waals surface area contributed by atoms with Crippen molar-refractivity contribution in [1.29, 1.82) is 0 Å². The van der Waals surface area contributed by atoms with E-state index in [1.165, 1.54) is 10.7 Å². The lowest BCUT2D eigenvalue weighted by Crippen LogP contribution is -2.37. The molecule has 3 aromatic rings. The smallest absolute Gasteiger partial charge is 0.255 e. The Bertz CT molecular complexity index is 1060. The van der Waals surface area contributed by atoms with Crippen molar-refractivity contribution < 1.29 is 17.6 Å². The summed E-state index contributed by atoms with van der Waals surface area (Å²) in [5, 5.41) is 2.80. The molecule has 4 rings (SSSR count). The van der Waals surface area contributed by atoms with Crippen molar-refractivity contribution in [2.75, 3.05) is 21.9 Å². The Morgan fingerprint density at radius 2 is 1.92 bits per heavy atom. The zero-order valence-electron chi connectivity index (χ0n) is 13.9. The number of hydrogen-bond acceptors (Lipinski definition) is 5. The number of fused-ring (bicyclic) bond motifs is 1. The number of benzene rings is 2. The molecule has 1 aliphatic rings. The molecule has 2 aromatic carbocycles. The lowest BCUT2D eigenvalue weighted by molar-refractivity contribution is 0.102. The van der Waals surface area contributed by atoms with Crippen LogP contribution in [0.15, 0.2) is 53.3 Å². The largest absolute Gasteiger partial charge is 0.443 e. The zero-order chi connectivity index (χ0) is 18.1. The van der Waals surface area contributed by atoms with E-state index in [2.05, 4.69) is 10.3 Å². The van der Waals surface area contributed by atoms with Gasteiger partial charge < -0.3 is 9.73 Å². The number of oxazole rings is 1. The van der Waals surface area contributed by atoms with E-state index in [4.69, 9.17) is 4.42 Å². The van der Waals surface area contributed by atoms with Crippen LogP contribution >= 0.6 is 0 Å². The number of carbonyl (C=O) groups is 1.